The van der Waals surface area contributed by atoms with Crippen LogP contribution in [0, 0.1) is 18.7 Å². The number of H-pyrrole nitrogens is 1. The molecule has 0 bridgehead atoms. The van der Waals surface area contributed by atoms with Gasteiger partial charge in [-0.25, -0.2) is 23.9 Å². The second kappa shape index (κ2) is 10.8. The highest BCUT2D eigenvalue weighted by atomic mass is 19.1. The molecule has 0 spiro atoms. The number of aromatic nitrogens is 3. The van der Waals surface area contributed by atoms with Gasteiger partial charge in [-0.15, -0.1) is 5.48 Å². The van der Waals surface area contributed by atoms with Crippen LogP contribution in [0.1, 0.15) is 62.5 Å². The molecule has 1 aliphatic carbocycles. The van der Waals surface area contributed by atoms with Crippen molar-refractivity contribution in [3.63, 3.8) is 0 Å². The van der Waals surface area contributed by atoms with Gasteiger partial charge in [0.05, 0.1) is 12.1 Å². The monoisotopic (exact) mass is 539 g/mol. The van der Waals surface area contributed by atoms with Gasteiger partial charge in [0.25, 0.3) is 0 Å². The smallest absolute Gasteiger partial charge is 0.410 e. The van der Waals surface area contributed by atoms with Gasteiger partial charge in [0.15, 0.2) is 0 Å². The number of fused-ring (bicyclic) bond motifs is 1. The summed E-state index contributed by atoms with van der Waals surface area (Å²) in [6, 6.07) is 4.23. The molecule has 2 aliphatic rings. The number of hydrogen-bond acceptors (Lipinski definition) is 8. The Labute approximate surface area is 226 Å². The van der Waals surface area contributed by atoms with E-state index in [1.165, 1.54) is 18.5 Å². The van der Waals surface area contributed by atoms with Crippen LogP contribution in [-0.2, 0) is 9.57 Å². The molecule has 1 aromatic carbocycles. The Hall–Kier alpha value is -3.73. The maximum absolute atomic E-state index is 14.3. The number of benzene rings is 1. The van der Waals surface area contributed by atoms with E-state index in [1.807, 2.05) is 20.8 Å². The third kappa shape index (κ3) is 6.30. The summed E-state index contributed by atoms with van der Waals surface area (Å²) in [4.78, 5) is 44.5. The molecule has 1 aliphatic heterocycles. The minimum atomic E-state index is -0.595. The number of aryl methyl sites for hydroxylation is 1. The Morgan fingerprint density at radius 3 is 2.59 bits per heavy atom. The Kier molecular flexibility index (Phi) is 7.44. The van der Waals surface area contributed by atoms with Gasteiger partial charge in [-0.1, -0.05) is 0 Å². The van der Waals surface area contributed by atoms with E-state index in [0.717, 1.165) is 12.8 Å². The maximum Gasteiger partial charge on any atom is 0.410 e. The van der Waals surface area contributed by atoms with E-state index in [9.17, 15) is 14.0 Å². The van der Waals surface area contributed by atoms with Crippen molar-refractivity contribution in [2.45, 2.75) is 65.0 Å². The van der Waals surface area contributed by atoms with Crippen molar-refractivity contribution in [1.82, 2.24) is 25.3 Å². The van der Waals surface area contributed by atoms with Crippen molar-refractivity contribution >= 4 is 23.1 Å². The van der Waals surface area contributed by atoms with E-state index in [0.29, 0.717) is 72.2 Å². The normalized spacial score (nSPS) is 16.4. The predicted octanol–water partition coefficient (Wildman–Crippen LogP) is 4.92. The first-order chi connectivity index (χ1) is 18.6. The first kappa shape index (κ1) is 26.9. The summed E-state index contributed by atoms with van der Waals surface area (Å²) in [6.07, 6.45) is 4.47. The molecule has 5 rings (SSSR count). The fourth-order valence-electron chi connectivity index (χ4n) is 4.57. The molecule has 39 heavy (non-hydrogen) atoms. The van der Waals surface area contributed by atoms with Crippen molar-refractivity contribution in [3.8, 4) is 17.0 Å². The predicted molar refractivity (Wildman–Crippen MR) is 142 cm³/mol. The summed E-state index contributed by atoms with van der Waals surface area (Å²) in [5, 5.41) is 0. The summed E-state index contributed by atoms with van der Waals surface area (Å²) in [6.45, 7) is 8.79. The van der Waals surface area contributed by atoms with E-state index in [2.05, 4.69) is 20.4 Å². The zero-order valence-electron chi connectivity index (χ0n) is 22.7. The van der Waals surface area contributed by atoms with Gasteiger partial charge in [0, 0.05) is 30.4 Å². The SMILES string of the molecule is Cc1[nH]c2c(-c3cc(F)ccc3OCC3CC3)ncnc2c1C(=O)ONC1CCN(C(=O)OC(C)(C)C)CC1. The number of nitrogens with one attached hydrogen (secondary N) is 2. The number of halogens is 1. The third-order valence-electron chi connectivity index (χ3n) is 6.81. The summed E-state index contributed by atoms with van der Waals surface area (Å²) < 4.78 is 25.7. The summed E-state index contributed by atoms with van der Waals surface area (Å²) in [5.41, 5.74) is 4.91. The fourth-order valence-corrected chi connectivity index (χ4v) is 4.57. The highest BCUT2D eigenvalue weighted by Gasteiger charge is 2.29. The van der Waals surface area contributed by atoms with Crippen LogP contribution in [0.2, 0.25) is 0 Å². The van der Waals surface area contributed by atoms with Gasteiger partial charge in [0.2, 0.25) is 0 Å². The largest absolute Gasteiger partial charge is 0.493 e. The van der Waals surface area contributed by atoms with Gasteiger partial charge < -0.3 is 24.2 Å². The number of ether oxygens (including phenoxy) is 2. The number of nitrogens with zero attached hydrogens (tertiary/aromatic N) is 3. The minimum absolute atomic E-state index is 0.109. The molecular formula is C28H34FN5O5. The van der Waals surface area contributed by atoms with Crippen LogP contribution in [-0.4, -0.2) is 63.3 Å². The number of hydroxylamine groups is 1. The molecular weight excluding hydrogens is 505 g/mol. The Morgan fingerprint density at radius 2 is 1.90 bits per heavy atom. The molecule has 1 saturated heterocycles. The molecule has 3 aromatic rings. The number of hydrogen-bond donors (Lipinski definition) is 2. The first-order valence-electron chi connectivity index (χ1n) is 13.3. The van der Waals surface area contributed by atoms with Crippen LogP contribution in [0.25, 0.3) is 22.3 Å². The van der Waals surface area contributed by atoms with Crippen molar-refractivity contribution in [2.75, 3.05) is 19.7 Å². The molecule has 1 saturated carbocycles. The highest BCUT2D eigenvalue weighted by Crippen LogP contribution is 2.37. The molecule has 11 heteroatoms. The first-order valence-corrected chi connectivity index (χ1v) is 13.3. The lowest BCUT2D eigenvalue weighted by molar-refractivity contribution is -0.00207. The lowest BCUT2D eigenvalue weighted by Gasteiger charge is -2.33. The van der Waals surface area contributed by atoms with Gasteiger partial charge in [0.1, 0.15) is 40.3 Å². The quantitative estimate of drug-likeness (QED) is 0.406. The zero-order chi connectivity index (χ0) is 27.7. The lowest BCUT2D eigenvalue weighted by Crippen LogP contribution is -2.46. The summed E-state index contributed by atoms with van der Waals surface area (Å²) >= 11 is 0. The number of amides is 1. The molecule has 0 atom stereocenters. The molecule has 2 N–H and O–H groups in total. The topological polar surface area (TPSA) is 119 Å². The number of rotatable bonds is 7. The average molecular weight is 540 g/mol. The Balaban J connectivity index is 1.28. The standard InChI is InChI=1S/C28H34FN5O5/c1-16-22(26(35)39-33-19-9-11-34(12-10-19)27(36)38-28(2,3)4)24-25(32-16)23(30-15-31-24)20-13-18(29)7-8-21(20)37-14-17-5-6-17/h7-8,13,15,17,19,32-33H,5-6,9-12,14H2,1-4H3. The molecule has 2 aromatic heterocycles. The van der Waals surface area contributed by atoms with Gasteiger partial charge in [-0.2, -0.15) is 0 Å². The molecule has 0 unspecified atom stereocenters. The van der Waals surface area contributed by atoms with Crippen molar-refractivity contribution in [2.24, 2.45) is 5.92 Å². The zero-order valence-corrected chi connectivity index (χ0v) is 22.7. The lowest BCUT2D eigenvalue weighted by atomic mass is 10.1. The van der Waals surface area contributed by atoms with Crippen LogP contribution in [0.5, 0.6) is 5.75 Å². The molecule has 1 amide bonds. The van der Waals surface area contributed by atoms with E-state index >= 15 is 0 Å². The second-order valence-electron chi connectivity index (χ2n) is 11.2. The van der Waals surface area contributed by atoms with E-state index < -0.39 is 17.4 Å². The molecule has 10 nitrogen and oxygen atoms in total. The van der Waals surface area contributed by atoms with Crippen LogP contribution < -0.4 is 10.2 Å². The van der Waals surface area contributed by atoms with Crippen LogP contribution >= 0.6 is 0 Å². The summed E-state index contributed by atoms with van der Waals surface area (Å²) in [7, 11) is 0. The molecule has 0 radical (unpaired) electrons. The highest BCUT2D eigenvalue weighted by molar-refractivity contribution is 6.06. The fraction of sp³-hybridized carbons (Fsp3) is 0.500. The van der Waals surface area contributed by atoms with E-state index in [4.69, 9.17) is 14.3 Å². The van der Waals surface area contributed by atoms with Gasteiger partial charge in [-0.05, 0) is 77.5 Å². The molecule has 208 valence electrons. The van der Waals surface area contributed by atoms with Crippen LogP contribution in [0.15, 0.2) is 24.5 Å². The van der Waals surface area contributed by atoms with E-state index in [1.54, 1.807) is 17.9 Å². The van der Waals surface area contributed by atoms with Crippen molar-refractivity contribution in [3.05, 3.63) is 41.6 Å². The van der Waals surface area contributed by atoms with Crippen LogP contribution in [0.3, 0.4) is 0 Å². The number of carbonyl (C=O) groups excluding carboxylic acids is 2. The van der Waals surface area contributed by atoms with Crippen molar-refractivity contribution < 1.29 is 28.3 Å². The Bertz CT molecular complexity index is 1370. The van der Waals surface area contributed by atoms with Crippen molar-refractivity contribution in [1.29, 1.82) is 0 Å². The van der Waals surface area contributed by atoms with Crippen LogP contribution in [0.4, 0.5) is 9.18 Å². The average Bonchev–Trinajstić information content (AvgIpc) is 3.65. The van der Waals surface area contributed by atoms with E-state index in [-0.39, 0.29) is 17.7 Å². The number of carbonyl (C=O) groups is 2. The number of likely N-dealkylation sites (tertiary alicyclic amines) is 1. The third-order valence-corrected chi connectivity index (χ3v) is 6.81. The number of piperidine rings is 1. The maximum atomic E-state index is 14.3. The minimum Gasteiger partial charge on any atom is -0.493 e. The second-order valence-corrected chi connectivity index (χ2v) is 11.2. The summed E-state index contributed by atoms with van der Waals surface area (Å²) in [5.74, 6) is 0.0429. The van der Waals surface area contributed by atoms with Gasteiger partial charge in [-0.3, -0.25) is 0 Å². The Morgan fingerprint density at radius 1 is 1.15 bits per heavy atom. The van der Waals surface area contributed by atoms with Gasteiger partial charge >= 0.3 is 12.1 Å². The molecule has 3 heterocycles. The number of aromatic amines is 1. The molecule has 2 fully saturated rings.